The van der Waals surface area contributed by atoms with E-state index in [0.717, 1.165) is 16.8 Å². The molecule has 4 nitrogen and oxygen atoms in total. The zero-order chi connectivity index (χ0) is 18.7. The standard InChI is InChI=1S/C20H17ClFN3O/c1-12-4-3-5-13(2)19(12)25-20(26)14-8-16(11-23-10-14)24-15-6-7-18(22)17(21)9-15/h3-11,24H,1-2H3,(H,25,26). The number of hydrogen-bond donors (Lipinski definition) is 2. The molecule has 1 aromatic heterocycles. The molecule has 26 heavy (non-hydrogen) atoms. The topological polar surface area (TPSA) is 54.0 Å². The monoisotopic (exact) mass is 369 g/mol. The molecule has 0 fully saturated rings. The molecule has 0 aliphatic rings. The number of aryl methyl sites for hydroxylation is 2. The van der Waals surface area contributed by atoms with Crippen molar-refractivity contribution in [2.75, 3.05) is 10.6 Å². The summed E-state index contributed by atoms with van der Waals surface area (Å²) in [4.78, 5) is 16.7. The van der Waals surface area contributed by atoms with Crippen LogP contribution in [0.4, 0.5) is 21.5 Å². The fourth-order valence-corrected chi connectivity index (χ4v) is 2.75. The molecule has 0 atom stereocenters. The quantitative estimate of drug-likeness (QED) is 0.639. The lowest BCUT2D eigenvalue weighted by molar-refractivity contribution is 0.102. The van der Waals surface area contributed by atoms with E-state index in [1.807, 2.05) is 32.0 Å². The number of anilines is 3. The number of carbonyl (C=O) groups is 1. The first-order valence-electron chi connectivity index (χ1n) is 7.99. The van der Waals surface area contributed by atoms with Crippen LogP contribution in [-0.4, -0.2) is 10.9 Å². The van der Waals surface area contributed by atoms with Crippen molar-refractivity contribution >= 4 is 34.6 Å². The number of benzene rings is 2. The van der Waals surface area contributed by atoms with Crippen LogP contribution < -0.4 is 10.6 Å². The van der Waals surface area contributed by atoms with Gasteiger partial charge in [0.2, 0.25) is 0 Å². The number of amides is 1. The summed E-state index contributed by atoms with van der Waals surface area (Å²) in [5.74, 6) is -0.743. The summed E-state index contributed by atoms with van der Waals surface area (Å²) in [6, 6.07) is 11.8. The van der Waals surface area contributed by atoms with Crippen molar-refractivity contribution in [3.63, 3.8) is 0 Å². The highest BCUT2D eigenvalue weighted by molar-refractivity contribution is 6.31. The fourth-order valence-electron chi connectivity index (χ4n) is 2.57. The van der Waals surface area contributed by atoms with Gasteiger partial charge in [0.1, 0.15) is 5.82 Å². The van der Waals surface area contributed by atoms with Crippen LogP contribution in [0.1, 0.15) is 21.5 Å². The third-order valence-electron chi connectivity index (χ3n) is 3.93. The Labute approximate surface area is 156 Å². The zero-order valence-electron chi connectivity index (χ0n) is 14.3. The van der Waals surface area contributed by atoms with Crippen LogP contribution in [0.25, 0.3) is 0 Å². The average molecular weight is 370 g/mol. The predicted molar refractivity (Wildman–Crippen MR) is 103 cm³/mol. The van der Waals surface area contributed by atoms with Crippen LogP contribution in [0.2, 0.25) is 5.02 Å². The van der Waals surface area contributed by atoms with Crippen molar-refractivity contribution in [2.24, 2.45) is 0 Å². The smallest absolute Gasteiger partial charge is 0.257 e. The Bertz CT molecular complexity index is 955. The van der Waals surface area contributed by atoms with Crippen LogP contribution in [0, 0.1) is 19.7 Å². The number of para-hydroxylation sites is 1. The molecule has 0 aliphatic carbocycles. The summed E-state index contributed by atoms with van der Waals surface area (Å²) in [5, 5.41) is 6.01. The lowest BCUT2D eigenvalue weighted by Crippen LogP contribution is -2.14. The minimum atomic E-state index is -0.489. The number of carbonyl (C=O) groups excluding carboxylic acids is 1. The Balaban J connectivity index is 1.80. The highest BCUT2D eigenvalue weighted by Crippen LogP contribution is 2.24. The van der Waals surface area contributed by atoms with Crippen molar-refractivity contribution in [1.29, 1.82) is 0 Å². The molecular formula is C20H17ClFN3O. The molecule has 0 aliphatic heterocycles. The molecule has 6 heteroatoms. The molecule has 1 heterocycles. The number of hydrogen-bond acceptors (Lipinski definition) is 3. The Morgan fingerprint density at radius 3 is 2.46 bits per heavy atom. The Morgan fingerprint density at radius 1 is 1.04 bits per heavy atom. The highest BCUT2D eigenvalue weighted by atomic mass is 35.5. The summed E-state index contributed by atoms with van der Waals surface area (Å²) in [6.07, 6.45) is 3.07. The Morgan fingerprint density at radius 2 is 1.77 bits per heavy atom. The van der Waals surface area contributed by atoms with E-state index < -0.39 is 5.82 Å². The van der Waals surface area contributed by atoms with Gasteiger partial charge in [-0.15, -0.1) is 0 Å². The number of aromatic nitrogens is 1. The molecule has 0 saturated heterocycles. The minimum Gasteiger partial charge on any atom is -0.354 e. The second kappa shape index (κ2) is 7.54. The predicted octanol–water partition coefficient (Wildman–Crippen LogP) is 5.49. The molecule has 2 aromatic carbocycles. The van der Waals surface area contributed by atoms with Gasteiger partial charge in [0.25, 0.3) is 5.91 Å². The average Bonchev–Trinajstić information content (AvgIpc) is 2.61. The zero-order valence-corrected chi connectivity index (χ0v) is 15.1. The Hall–Kier alpha value is -2.92. The summed E-state index contributed by atoms with van der Waals surface area (Å²) in [7, 11) is 0. The van der Waals surface area contributed by atoms with Crippen molar-refractivity contribution in [1.82, 2.24) is 4.98 Å². The number of nitrogens with zero attached hydrogens (tertiary/aromatic N) is 1. The van der Waals surface area contributed by atoms with Crippen LogP contribution in [0.5, 0.6) is 0 Å². The molecule has 3 aromatic rings. The molecule has 0 unspecified atom stereocenters. The van der Waals surface area contributed by atoms with Gasteiger partial charge in [-0.3, -0.25) is 9.78 Å². The van der Waals surface area contributed by atoms with Gasteiger partial charge in [-0.05, 0) is 49.2 Å². The fraction of sp³-hybridized carbons (Fsp3) is 0.100. The van der Waals surface area contributed by atoms with Gasteiger partial charge in [-0.2, -0.15) is 0 Å². The summed E-state index contributed by atoms with van der Waals surface area (Å²) in [5.41, 5.74) is 4.38. The third kappa shape index (κ3) is 4.00. The maximum absolute atomic E-state index is 13.3. The van der Waals surface area contributed by atoms with E-state index in [4.69, 9.17) is 11.6 Å². The van der Waals surface area contributed by atoms with Gasteiger partial charge in [-0.1, -0.05) is 29.8 Å². The lowest BCUT2D eigenvalue weighted by atomic mass is 10.1. The van der Waals surface area contributed by atoms with E-state index >= 15 is 0 Å². The van der Waals surface area contributed by atoms with E-state index in [1.54, 1.807) is 18.3 Å². The van der Waals surface area contributed by atoms with E-state index in [2.05, 4.69) is 15.6 Å². The van der Waals surface area contributed by atoms with Crippen molar-refractivity contribution < 1.29 is 9.18 Å². The first-order chi connectivity index (χ1) is 12.4. The number of rotatable bonds is 4. The number of pyridine rings is 1. The molecule has 3 rings (SSSR count). The largest absolute Gasteiger partial charge is 0.354 e. The maximum Gasteiger partial charge on any atom is 0.257 e. The van der Waals surface area contributed by atoms with E-state index in [1.165, 1.54) is 18.3 Å². The molecule has 0 bridgehead atoms. The molecular weight excluding hydrogens is 353 g/mol. The van der Waals surface area contributed by atoms with Crippen LogP contribution in [-0.2, 0) is 0 Å². The van der Waals surface area contributed by atoms with Crippen molar-refractivity contribution in [3.8, 4) is 0 Å². The third-order valence-corrected chi connectivity index (χ3v) is 4.22. The highest BCUT2D eigenvalue weighted by Gasteiger charge is 2.11. The minimum absolute atomic E-state index is 0.0203. The number of halogens is 2. The summed E-state index contributed by atoms with van der Waals surface area (Å²) < 4.78 is 13.3. The SMILES string of the molecule is Cc1cccc(C)c1NC(=O)c1cncc(Nc2ccc(F)c(Cl)c2)c1. The van der Waals surface area contributed by atoms with Crippen molar-refractivity contribution in [2.45, 2.75) is 13.8 Å². The van der Waals surface area contributed by atoms with Crippen LogP contribution in [0.15, 0.2) is 54.9 Å². The normalized spacial score (nSPS) is 10.5. The molecule has 132 valence electrons. The van der Waals surface area contributed by atoms with Gasteiger partial charge < -0.3 is 10.6 Å². The van der Waals surface area contributed by atoms with Crippen LogP contribution in [0.3, 0.4) is 0 Å². The second-order valence-electron chi connectivity index (χ2n) is 5.94. The maximum atomic E-state index is 13.3. The van der Waals surface area contributed by atoms with E-state index in [0.29, 0.717) is 16.9 Å². The summed E-state index contributed by atoms with van der Waals surface area (Å²) >= 11 is 5.79. The van der Waals surface area contributed by atoms with Gasteiger partial charge >= 0.3 is 0 Å². The van der Waals surface area contributed by atoms with E-state index in [9.17, 15) is 9.18 Å². The number of nitrogens with one attached hydrogen (secondary N) is 2. The van der Waals surface area contributed by atoms with Gasteiger partial charge in [0.15, 0.2) is 0 Å². The molecule has 0 spiro atoms. The first kappa shape index (κ1) is 17.9. The second-order valence-corrected chi connectivity index (χ2v) is 6.34. The van der Waals surface area contributed by atoms with Gasteiger partial charge in [0.05, 0.1) is 22.5 Å². The van der Waals surface area contributed by atoms with Gasteiger partial charge in [-0.25, -0.2) is 4.39 Å². The van der Waals surface area contributed by atoms with Gasteiger partial charge in [0, 0.05) is 17.6 Å². The molecule has 2 N–H and O–H groups in total. The van der Waals surface area contributed by atoms with Crippen molar-refractivity contribution in [3.05, 3.63) is 82.4 Å². The molecule has 1 amide bonds. The van der Waals surface area contributed by atoms with E-state index in [-0.39, 0.29) is 10.9 Å². The molecule has 0 radical (unpaired) electrons. The first-order valence-corrected chi connectivity index (χ1v) is 8.36. The lowest BCUT2D eigenvalue weighted by Gasteiger charge is -2.12. The Kier molecular flexibility index (Phi) is 5.19. The molecule has 0 saturated carbocycles. The van der Waals surface area contributed by atoms with Crippen LogP contribution >= 0.6 is 11.6 Å². The summed E-state index contributed by atoms with van der Waals surface area (Å²) in [6.45, 7) is 3.88.